The van der Waals surface area contributed by atoms with Crippen LogP contribution in [0, 0.1) is 17.8 Å². The number of rotatable bonds is 3. The highest BCUT2D eigenvalue weighted by molar-refractivity contribution is 5.84. The molecule has 42 heavy (non-hydrogen) atoms. The van der Waals surface area contributed by atoms with Gasteiger partial charge in [-0.1, -0.05) is 70.8 Å². The second-order valence-corrected chi connectivity index (χ2v) is 12.5. The summed E-state index contributed by atoms with van der Waals surface area (Å²) < 4.78 is 5.58. The molecule has 0 saturated heterocycles. The van der Waals surface area contributed by atoms with E-state index < -0.39 is 36.3 Å². The molecule has 1 heterocycles. The third-order valence-corrected chi connectivity index (χ3v) is 8.29. The number of hydrogen-bond acceptors (Lipinski definition) is 7. The van der Waals surface area contributed by atoms with E-state index >= 15 is 0 Å². The van der Waals surface area contributed by atoms with Crippen LogP contribution in [0.2, 0.25) is 0 Å². The molecule has 242 valence electrons. The Morgan fingerprint density at radius 3 is 2.31 bits per heavy atom. The number of β-amino-alcohol motifs (C(OH)–C–C–N with tert-alkyl or cyclic N) is 1. The van der Waals surface area contributed by atoms with Crippen LogP contribution in [-0.4, -0.2) is 63.9 Å². The van der Waals surface area contributed by atoms with Crippen molar-refractivity contribution in [2.24, 2.45) is 17.8 Å². The number of allylic oxidation sites excluding steroid dienone is 4. The summed E-state index contributed by atoms with van der Waals surface area (Å²) in [6.07, 6.45) is 11.4. The zero-order chi connectivity index (χ0) is 31.5. The molecule has 0 radical (unpaired) electrons. The van der Waals surface area contributed by atoms with Crippen molar-refractivity contribution in [1.29, 1.82) is 0 Å². The van der Waals surface area contributed by atoms with E-state index in [1.54, 1.807) is 0 Å². The van der Waals surface area contributed by atoms with Crippen molar-refractivity contribution < 1.29 is 34.4 Å². The van der Waals surface area contributed by atoms with Crippen LogP contribution in [0.25, 0.3) is 0 Å². The number of cyclic esters (lactones) is 1. The van der Waals surface area contributed by atoms with Gasteiger partial charge in [0.05, 0.1) is 24.2 Å². The molecule has 0 bridgehead atoms. The highest BCUT2D eigenvalue weighted by Gasteiger charge is 2.27. The Labute approximate surface area is 254 Å². The Bertz CT molecular complexity index is 855. The van der Waals surface area contributed by atoms with Crippen LogP contribution in [0.15, 0.2) is 23.8 Å². The van der Waals surface area contributed by atoms with Crippen molar-refractivity contribution >= 4 is 17.7 Å². The summed E-state index contributed by atoms with van der Waals surface area (Å²) in [7, 11) is 0. The first kappa shape index (κ1) is 38.0. The maximum atomic E-state index is 12.8. The average molecular weight is 594 g/mol. The first-order valence-electron chi connectivity index (χ1n) is 16.3. The first-order valence-corrected chi connectivity index (χ1v) is 16.3. The predicted molar refractivity (Wildman–Crippen MR) is 167 cm³/mol. The quantitative estimate of drug-likeness (QED) is 0.314. The van der Waals surface area contributed by atoms with E-state index in [9.17, 15) is 29.7 Å². The van der Waals surface area contributed by atoms with Gasteiger partial charge in [0, 0.05) is 25.8 Å². The maximum absolute atomic E-state index is 12.8. The number of carbonyl (C=O) groups excluding carboxylic acids is 3. The Morgan fingerprint density at radius 1 is 0.905 bits per heavy atom. The molecule has 0 fully saturated rings. The van der Waals surface area contributed by atoms with Crippen molar-refractivity contribution in [3.8, 4) is 0 Å². The van der Waals surface area contributed by atoms with Gasteiger partial charge in [-0.2, -0.15) is 0 Å². The standard InChI is InChI=1S/C34H59NO7/c1-6-12-32-33(40)35-23-29(37)22-31(39)30(38)20-19-24(3)14-10-15-27(7-2)16-11-18-28(36)17-9-8-13-25(4)21-26(5)34(41)42-32/h10,14-15,25-27,29-32,37-39H,6-9,11-13,16-23H2,1-5H3,(H,35,40). The minimum Gasteiger partial charge on any atom is -0.452 e. The van der Waals surface area contributed by atoms with Crippen LogP contribution in [-0.2, 0) is 19.1 Å². The number of amides is 1. The number of ketones is 1. The Hall–Kier alpha value is -2.03. The summed E-state index contributed by atoms with van der Waals surface area (Å²) >= 11 is 0. The summed E-state index contributed by atoms with van der Waals surface area (Å²) in [6.45, 7) is 9.83. The maximum Gasteiger partial charge on any atom is 0.309 e. The molecule has 1 aliphatic heterocycles. The largest absolute Gasteiger partial charge is 0.452 e. The fourth-order valence-electron chi connectivity index (χ4n) is 5.40. The number of ether oxygens (including phenoxy) is 1. The van der Waals surface area contributed by atoms with Gasteiger partial charge in [-0.15, -0.1) is 0 Å². The van der Waals surface area contributed by atoms with Gasteiger partial charge < -0.3 is 25.4 Å². The first-order chi connectivity index (χ1) is 20.0. The van der Waals surface area contributed by atoms with Crippen LogP contribution in [0.1, 0.15) is 125 Å². The second kappa shape index (κ2) is 21.6. The van der Waals surface area contributed by atoms with Gasteiger partial charge in [0.2, 0.25) is 0 Å². The van der Waals surface area contributed by atoms with Gasteiger partial charge in [-0.25, -0.2) is 0 Å². The molecule has 0 aromatic carbocycles. The smallest absolute Gasteiger partial charge is 0.309 e. The molecule has 1 aliphatic rings. The Morgan fingerprint density at radius 2 is 1.62 bits per heavy atom. The van der Waals surface area contributed by atoms with E-state index in [-0.39, 0.29) is 18.9 Å². The molecule has 0 saturated carbocycles. The molecule has 7 atom stereocenters. The third-order valence-electron chi connectivity index (χ3n) is 8.29. The zero-order valence-corrected chi connectivity index (χ0v) is 26.9. The fourth-order valence-corrected chi connectivity index (χ4v) is 5.40. The number of carbonyl (C=O) groups is 3. The van der Waals surface area contributed by atoms with Gasteiger partial charge in [-0.3, -0.25) is 14.4 Å². The normalized spacial score (nSPS) is 31.8. The average Bonchev–Trinajstić information content (AvgIpc) is 2.95. The monoisotopic (exact) mass is 593 g/mol. The molecule has 8 heteroatoms. The lowest BCUT2D eigenvalue weighted by Crippen LogP contribution is -2.43. The summed E-state index contributed by atoms with van der Waals surface area (Å²) in [5.74, 6) is -0.230. The molecule has 0 aromatic heterocycles. The summed E-state index contributed by atoms with van der Waals surface area (Å²) in [6, 6.07) is 0. The van der Waals surface area contributed by atoms with Crippen molar-refractivity contribution in [1.82, 2.24) is 5.32 Å². The van der Waals surface area contributed by atoms with Gasteiger partial charge in [0.15, 0.2) is 6.10 Å². The van der Waals surface area contributed by atoms with E-state index in [1.165, 1.54) is 0 Å². The van der Waals surface area contributed by atoms with Crippen LogP contribution in [0.3, 0.4) is 0 Å². The van der Waals surface area contributed by atoms with E-state index in [2.05, 4.69) is 25.2 Å². The van der Waals surface area contributed by atoms with Crippen LogP contribution in [0.5, 0.6) is 0 Å². The fraction of sp³-hybridized carbons (Fsp3) is 0.794. The van der Waals surface area contributed by atoms with Gasteiger partial charge in [-0.05, 0) is 70.1 Å². The molecule has 1 rings (SSSR count). The third kappa shape index (κ3) is 16.6. The SMILES string of the molecule is CCCC1OC(=O)C(C)CC(C)CCCCC(=O)CCCC(CC)C=CC=C(C)CCC(O)C(O)CC(O)CNC1=O. The Kier molecular flexibility index (Phi) is 19.6. The number of aliphatic hydroxyl groups excluding tert-OH is 3. The zero-order valence-electron chi connectivity index (χ0n) is 26.9. The lowest BCUT2D eigenvalue weighted by atomic mass is 9.92. The number of esters is 1. The number of hydrogen-bond donors (Lipinski definition) is 4. The molecular formula is C34H59NO7. The van der Waals surface area contributed by atoms with E-state index in [0.717, 1.165) is 44.1 Å². The van der Waals surface area contributed by atoms with Crippen molar-refractivity contribution in [2.45, 2.75) is 149 Å². The van der Waals surface area contributed by atoms with Crippen LogP contribution in [0.4, 0.5) is 0 Å². The molecular weight excluding hydrogens is 534 g/mol. The molecule has 7 unspecified atom stereocenters. The van der Waals surface area contributed by atoms with Gasteiger partial charge >= 0.3 is 5.97 Å². The highest BCUT2D eigenvalue weighted by atomic mass is 16.5. The lowest BCUT2D eigenvalue weighted by molar-refractivity contribution is -0.160. The molecule has 0 spiro atoms. The minimum absolute atomic E-state index is 0.0854. The van der Waals surface area contributed by atoms with Crippen molar-refractivity contribution in [3.05, 3.63) is 23.8 Å². The van der Waals surface area contributed by atoms with E-state index in [4.69, 9.17) is 4.74 Å². The van der Waals surface area contributed by atoms with Gasteiger partial charge in [0.25, 0.3) is 5.91 Å². The van der Waals surface area contributed by atoms with Gasteiger partial charge in [0.1, 0.15) is 5.78 Å². The number of aliphatic hydroxyl groups is 3. The van der Waals surface area contributed by atoms with Crippen LogP contribution >= 0.6 is 0 Å². The summed E-state index contributed by atoms with van der Waals surface area (Å²) in [5, 5.41) is 33.8. The minimum atomic E-state index is -1.13. The molecule has 8 nitrogen and oxygen atoms in total. The van der Waals surface area contributed by atoms with E-state index in [0.29, 0.717) is 62.6 Å². The summed E-state index contributed by atoms with van der Waals surface area (Å²) in [4.78, 5) is 38.0. The highest BCUT2D eigenvalue weighted by Crippen LogP contribution is 2.22. The Balaban J connectivity index is 2.88. The molecule has 0 aromatic rings. The topological polar surface area (TPSA) is 133 Å². The number of nitrogens with one attached hydrogen (secondary N) is 1. The van der Waals surface area contributed by atoms with Crippen molar-refractivity contribution in [3.63, 3.8) is 0 Å². The lowest BCUT2D eigenvalue weighted by Gasteiger charge is -2.23. The molecule has 1 amide bonds. The summed E-state index contributed by atoms with van der Waals surface area (Å²) in [5.41, 5.74) is 1.07. The van der Waals surface area contributed by atoms with Crippen LogP contribution < -0.4 is 5.32 Å². The van der Waals surface area contributed by atoms with E-state index in [1.807, 2.05) is 32.9 Å². The molecule has 0 aliphatic carbocycles. The second-order valence-electron chi connectivity index (χ2n) is 12.5. The molecule has 4 N–H and O–H groups in total. The number of Topliss-reactive ketones (excluding diaryl/α,β-unsaturated/α-hetero) is 1. The van der Waals surface area contributed by atoms with Crippen molar-refractivity contribution in [2.75, 3.05) is 6.54 Å². The predicted octanol–water partition coefficient (Wildman–Crippen LogP) is 5.57.